The Hall–Kier alpha value is -2.87. The van der Waals surface area contributed by atoms with Crippen molar-refractivity contribution in [1.29, 1.82) is 0 Å². The van der Waals surface area contributed by atoms with Crippen molar-refractivity contribution < 1.29 is 18.0 Å². The molecule has 0 aliphatic carbocycles. The Labute approximate surface area is 157 Å². The van der Waals surface area contributed by atoms with Crippen LogP contribution < -0.4 is 10.6 Å². The molecule has 9 heteroatoms. The Balaban J connectivity index is 1.54. The molecule has 0 radical (unpaired) electrons. The fraction of sp³-hybridized carbons (Fsp3) is 0.167. The van der Waals surface area contributed by atoms with Gasteiger partial charge in [-0.05, 0) is 30.3 Å². The number of halogens is 4. The molecule has 0 aliphatic rings. The SMILES string of the molecule is O=C(CCNc1ncc(C(F)(F)F)cc1Cl)Nc1ccc2ncccc2c1. The molecule has 0 saturated heterocycles. The highest BCUT2D eigenvalue weighted by atomic mass is 35.5. The average Bonchev–Trinajstić information content (AvgIpc) is 2.62. The van der Waals surface area contributed by atoms with Crippen molar-refractivity contribution in [2.45, 2.75) is 12.6 Å². The summed E-state index contributed by atoms with van der Waals surface area (Å²) in [7, 11) is 0. The van der Waals surface area contributed by atoms with E-state index < -0.39 is 11.7 Å². The predicted octanol–water partition coefficient (Wildman–Crippen LogP) is 4.74. The minimum absolute atomic E-state index is 0.0874. The molecule has 27 heavy (non-hydrogen) atoms. The van der Waals surface area contributed by atoms with Crippen LogP contribution in [0.4, 0.5) is 24.7 Å². The zero-order valence-corrected chi connectivity index (χ0v) is 14.6. The molecule has 0 aliphatic heterocycles. The molecule has 0 fully saturated rings. The quantitative estimate of drug-likeness (QED) is 0.655. The van der Waals surface area contributed by atoms with Crippen LogP contribution >= 0.6 is 11.6 Å². The lowest BCUT2D eigenvalue weighted by molar-refractivity contribution is -0.137. The van der Waals surface area contributed by atoms with Gasteiger partial charge in [0.05, 0.1) is 16.1 Å². The standard InChI is InChI=1S/C18H14ClF3N4O/c19-14-9-12(18(20,21)22)10-25-17(14)24-7-5-16(27)26-13-3-4-15-11(8-13)2-1-6-23-15/h1-4,6,8-10H,5,7H2,(H,24,25)(H,26,27). The Bertz CT molecular complexity index is 978. The van der Waals surface area contributed by atoms with Gasteiger partial charge >= 0.3 is 6.18 Å². The van der Waals surface area contributed by atoms with Gasteiger partial charge in [0, 0.05) is 36.4 Å². The van der Waals surface area contributed by atoms with Gasteiger partial charge in [-0.25, -0.2) is 4.98 Å². The summed E-state index contributed by atoms with van der Waals surface area (Å²) in [6.07, 6.45) is -2.04. The smallest absolute Gasteiger partial charge is 0.368 e. The lowest BCUT2D eigenvalue weighted by Crippen LogP contribution is -2.17. The van der Waals surface area contributed by atoms with Gasteiger partial charge in [-0.15, -0.1) is 0 Å². The number of fused-ring (bicyclic) bond motifs is 1. The fourth-order valence-electron chi connectivity index (χ4n) is 2.39. The van der Waals surface area contributed by atoms with Crippen LogP contribution in [0.25, 0.3) is 10.9 Å². The minimum Gasteiger partial charge on any atom is -0.368 e. The van der Waals surface area contributed by atoms with Crippen molar-refractivity contribution in [3.8, 4) is 0 Å². The number of alkyl halides is 3. The van der Waals surface area contributed by atoms with E-state index in [1.807, 2.05) is 12.1 Å². The second-order valence-corrected chi connectivity index (χ2v) is 6.10. The first-order chi connectivity index (χ1) is 12.8. The largest absolute Gasteiger partial charge is 0.417 e. The lowest BCUT2D eigenvalue weighted by atomic mass is 10.2. The van der Waals surface area contributed by atoms with E-state index in [1.54, 1.807) is 24.4 Å². The van der Waals surface area contributed by atoms with E-state index in [2.05, 4.69) is 20.6 Å². The fourth-order valence-corrected chi connectivity index (χ4v) is 2.63. The van der Waals surface area contributed by atoms with Gasteiger partial charge in [0.25, 0.3) is 0 Å². The van der Waals surface area contributed by atoms with E-state index in [1.165, 1.54) is 0 Å². The summed E-state index contributed by atoms with van der Waals surface area (Å²) in [5.74, 6) is -0.164. The molecule has 3 aromatic rings. The third kappa shape index (κ3) is 4.85. The zero-order valence-electron chi connectivity index (χ0n) is 13.8. The van der Waals surface area contributed by atoms with Crippen molar-refractivity contribution in [2.75, 3.05) is 17.2 Å². The molecule has 2 aromatic heterocycles. The molecule has 0 saturated carbocycles. The first kappa shape index (κ1) is 18.9. The van der Waals surface area contributed by atoms with E-state index in [0.717, 1.165) is 17.0 Å². The van der Waals surface area contributed by atoms with Gasteiger partial charge in [-0.3, -0.25) is 9.78 Å². The van der Waals surface area contributed by atoms with Crippen molar-refractivity contribution >= 4 is 39.9 Å². The normalized spacial score (nSPS) is 11.4. The van der Waals surface area contributed by atoms with E-state index >= 15 is 0 Å². The number of pyridine rings is 2. The van der Waals surface area contributed by atoms with Gasteiger partial charge in [-0.1, -0.05) is 17.7 Å². The Morgan fingerprint density at radius 2 is 1.96 bits per heavy atom. The van der Waals surface area contributed by atoms with Gasteiger partial charge in [0.1, 0.15) is 5.82 Å². The number of nitrogens with zero attached hydrogens (tertiary/aromatic N) is 2. The molecule has 3 rings (SSSR count). The second kappa shape index (κ2) is 7.79. The van der Waals surface area contributed by atoms with Gasteiger partial charge in [-0.2, -0.15) is 13.2 Å². The number of aromatic nitrogens is 2. The molecule has 0 spiro atoms. The molecule has 0 unspecified atom stereocenters. The maximum absolute atomic E-state index is 12.6. The highest BCUT2D eigenvalue weighted by molar-refractivity contribution is 6.33. The molecule has 1 aromatic carbocycles. The molecule has 0 bridgehead atoms. The van der Waals surface area contributed by atoms with Crippen molar-refractivity contribution in [2.24, 2.45) is 0 Å². The molecule has 2 N–H and O–H groups in total. The van der Waals surface area contributed by atoms with Crippen LogP contribution in [-0.4, -0.2) is 22.4 Å². The summed E-state index contributed by atoms with van der Waals surface area (Å²) in [4.78, 5) is 19.9. The number of hydrogen-bond acceptors (Lipinski definition) is 4. The number of amides is 1. The number of benzene rings is 1. The molecule has 0 atom stereocenters. The van der Waals surface area contributed by atoms with Crippen molar-refractivity contribution in [1.82, 2.24) is 9.97 Å². The average molecular weight is 395 g/mol. The Kier molecular flexibility index (Phi) is 5.46. The van der Waals surface area contributed by atoms with Crippen molar-refractivity contribution in [3.63, 3.8) is 0 Å². The molecule has 5 nitrogen and oxygen atoms in total. The van der Waals surface area contributed by atoms with Crippen LogP contribution in [-0.2, 0) is 11.0 Å². The highest BCUT2D eigenvalue weighted by Gasteiger charge is 2.31. The maximum Gasteiger partial charge on any atom is 0.417 e. The third-order valence-electron chi connectivity index (χ3n) is 3.70. The van der Waals surface area contributed by atoms with Crippen LogP contribution in [0.3, 0.4) is 0 Å². The molecule has 1 amide bonds. The molecule has 2 heterocycles. The highest BCUT2D eigenvalue weighted by Crippen LogP contribution is 2.32. The lowest BCUT2D eigenvalue weighted by Gasteiger charge is -2.11. The second-order valence-electron chi connectivity index (χ2n) is 5.69. The number of carbonyl (C=O) groups excluding carboxylic acids is 1. The van der Waals surface area contributed by atoms with E-state index in [-0.39, 0.29) is 29.7 Å². The summed E-state index contributed by atoms with van der Waals surface area (Å²) >= 11 is 5.80. The van der Waals surface area contributed by atoms with E-state index in [4.69, 9.17) is 11.6 Å². The van der Waals surface area contributed by atoms with E-state index in [9.17, 15) is 18.0 Å². The molecular formula is C18H14ClF3N4O. The topological polar surface area (TPSA) is 66.9 Å². The Morgan fingerprint density at radius 3 is 2.70 bits per heavy atom. The van der Waals surface area contributed by atoms with Gasteiger partial charge < -0.3 is 10.6 Å². The summed E-state index contributed by atoms with van der Waals surface area (Å²) in [5, 5.41) is 6.25. The summed E-state index contributed by atoms with van der Waals surface area (Å²) < 4.78 is 37.8. The number of nitrogens with one attached hydrogen (secondary N) is 2. The molecular weight excluding hydrogens is 381 g/mol. The van der Waals surface area contributed by atoms with Crippen LogP contribution in [0.2, 0.25) is 5.02 Å². The van der Waals surface area contributed by atoms with Crippen LogP contribution in [0.1, 0.15) is 12.0 Å². The van der Waals surface area contributed by atoms with Crippen molar-refractivity contribution in [3.05, 3.63) is 59.4 Å². The van der Waals surface area contributed by atoms with Crippen LogP contribution in [0.15, 0.2) is 48.8 Å². The number of carbonyl (C=O) groups is 1. The van der Waals surface area contributed by atoms with E-state index in [0.29, 0.717) is 11.9 Å². The third-order valence-corrected chi connectivity index (χ3v) is 3.99. The first-order valence-electron chi connectivity index (χ1n) is 7.94. The summed E-state index contributed by atoms with van der Waals surface area (Å²) in [6.45, 7) is 0.166. The first-order valence-corrected chi connectivity index (χ1v) is 8.32. The number of rotatable bonds is 5. The minimum atomic E-state index is -4.51. The van der Waals surface area contributed by atoms with Gasteiger partial charge in [0.15, 0.2) is 0 Å². The van der Waals surface area contributed by atoms with Crippen LogP contribution in [0.5, 0.6) is 0 Å². The monoisotopic (exact) mass is 394 g/mol. The number of anilines is 2. The summed E-state index contributed by atoms with van der Waals surface area (Å²) in [5.41, 5.74) is 0.521. The zero-order chi connectivity index (χ0) is 19.4. The van der Waals surface area contributed by atoms with Crippen LogP contribution in [0, 0.1) is 0 Å². The predicted molar refractivity (Wildman–Crippen MR) is 97.7 cm³/mol. The Morgan fingerprint density at radius 1 is 1.15 bits per heavy atom. The molecule has 140 valence electrons. The summed E-state index contributed by atoms with van der Waals surface area (Å²) in [6, 6.07) is 9.84. The maximum atomic E-state index is 12.6. The number of hydrogen-bond donors (Lipinski definition) is 2. The van der Waals surface area contributed by atoms with Gasteiger partial charge in [0.2, 0.25) is 5.91 Å².